The highest BCUT2D eigenvalue weighted by atomic mass is 16.5. The van der Waals surface area contributed by atoms with E-state index in [-0.39, 0.29) is 5.75 Å². The standard InChI is InChI=1S/C13H20O2/c1-5-6-9(2)11-8-13(15-4)12(14)7-10(11)3/h7-9,14H,5-6H2,1-4H3. The molecule has 0 saturated carbocycles. The molecule has 0 spiro atoms. The molecular formula is C13H20O2. The highest BCUT2D eigenvalue weighted by Crippen LogP contribution is 2.33. The van der Waals surface area contributed by atoms with Crippen molar-refractivity contribution in [3.8, 4) is 11.5 Å². The minimum atomic E-state index is 0.224. The van der Waals surface area contributed by atoms with Crippen molar-refractivity contribution >= 4 is 0 Å². The van der Waals surface area contributed by atoms with Crippen LogP contribution in [-0.2, 0) is 0 Å². The van der Waals surface area contributed by atoms with Crippen LogP contribution in [0.5, 0.6) is 11.5 Å². The summed E-state index contributed by atoms with van der Waals surface area (Å²) in [6.45, 7) is 6.42. The summed E-state index contributed by atoms with van der Waals surface area (Å²) >= 11 is 0. The number of phenolic OH excluding ortho intramolecular Hbond substituents is 1. The summed E-state index contributed by atoms with van der Waals surface area (Å²) in [5, 5.41) is 9.60. The van der Waals surface area contributed by atoms with Crippen molar-refractivity contribution in [3.63, 3.8) is 0 Å². The third-order valence-corrected chi connectivity index (χ3v) is 2.82. The Bertz CT molecular complexity index is 332. The smallest absolute Gasteiger partial charge is 0.160 e. The lowest BCUT2D eigenvalue weighted by molar-refractivity contribution is 0.372. The molecule has 0 aliphatic heterocycles. The average molecular weight is 208 g/mol. The number of rotatable bonds is 4. The van der Waals surface area contributed by atoms with Gasteiger partial charge < -0.3 is 9.84 Å². The van der Waals surface area contributed by atoms with Crippen LogP contribution in [0.4, 0.5) is 0 Å². The van der Waals surface area contributed by atoms with Crippen molar-refractivity contribution in [1.29, 1.82) is 0 Å². The predicted octanol–water partition coefficient (Wildman–Crippen LogP) is 3.61. The SMILES string of the molecule is CCCC(C)c1cc(OC)c(O)cc1C. The van der Waals surface area contributed by atoms with Gasteiger partial charge in [-0.3, -0.25) is 0 Å². The maximum Gasteiger partial charge on any atom is 0.160 e. The first kappa shape index (κ1) is 11.9. The Balaban J connectivity index is 3.06. The van der Waals surface area contributed by atoms with Gasteiger partial charge in [0.25, 0.3) is 0 Å². The van der Waals surface area contributed by atoms with Gasteiger partial charge in [0.1, 0.15) is 0 Å². The lowest BCUT2D eigenvalue weighted by Crippen LogP contribution is -1.97. The molecule has 0 aliphatic rings. The van der Waals surface area contributed by atoms with E-state index in [0.717, 1.165) is 12.0 Å². The minimum Gasteiger partial charge on any atom is -0.504 e. The lowest BCUT2D eigenvalue weighted by Gasteiger charge is -2.16. The van der Waals surface area contributed by atoms with Crippen molar-refractivity contribution in [2.45, 2.75) is 39.5 Å². The van der Waals surface area contributed by atoms with E-state index in [0.29, 0.717) is 11.7 Å². The van der Waals surface area contributed by atoms with Gasteiger partial charge in [-0.05, 0) is 42.5 Å². The molecule has 1 unspecified atom stereocenters. The molecule has 2 heteroatoms. The molecule has 1 atom stereocenters. The molecule has 1 rings (SSSR count). The normalized spacial score (nSPS) is 12.5. The van der Waals surface area contributed by atoms with Gasteiger partial charge in [0.05, 0.1) is 7.11 Å². The molecular weight excluding hydrogens is 188 g/mol. The van der Waals surface area contributed by atoms with E-state index >= 15 is 0 Å². The number of benzene rings is 1. The fraction of sp³-hybridized carbons (Fsp3) is 0.538. The summed E-state index contributed by atoms with van der Waals surface area (Å²) in [6, 6.07) is 3.73. The van der Waals surface area contributed by atoms with Gasteiger partial charge in [-0.2, -0.15) is 0 Å². The highest BCUT2D eigenvalue weighted by molar-refractivity contribution is 5.47. The Morgan fingerprint density at radius 1 is 1.40 bits per heavy atom. The zero-order chi connectivity index (χ0) is 11.4. The van der Waals surface area contributed by atoms with Gasteiger partial charge in [0.15, 0.2) is 11.5 Å². The maximum atomic E-state index is 9.60. The Morgan fingerprint density at radius 3 is 2.60 bits per heavy atom. The Kier molecular flexibility index (Phi) is 4.01. The van der Waals surface area contributed by atoms with Crippen molar-refractivity contribution in [3.05, 3.63) is 23.3 Å². The third-order valence-electron chi connectivity index (χ3n) is 2.82. The number of hydrogen-bond acceptors (Lipinski definition) is 2. The third kappa shape index (κ3) is 2.65. The fourth-order valence-electron chi connectivity index (χ4n) is 1.97. The van der Waals surface area contributed by atoms with Crippen LogP contribution in [-0.4, -0.2) is 12.2 Å². The maximum absolute atomic E-state index is 9.60. The second-order valence-electron chi connectivity index (χ2n) is 4.07. The number of phenols is 1. The zero-order valence-electron chi connectivity index (χ0n) is 10.0. The molecule has 0 saturated heterocycles. The van der Waals surface area contributed by atoms with Gasteiger partial charge in [-0.1, -0.05) is 20.3 Å². The van der Waals surface area contributed by atoms with Gasteiger partial charge in [-0.15, -0.1) is 0 Å². The Hall–Kier alpha value is -1.18. The first-order valence-electron chi connectivity index (χ1n) is 5.47. The first-order chi connectivity index (χ1) is 7.10. The zero-order valence-corrected chi connectivity index (χ0v) is 10.0. The molecule has 0 radical (unpaired) electrons. The molecule has 0 aliphatic carbocycles. The van der Waals surface area contributed by atoms with Crippen LogP contribution < -0.4 is 4.74 Å². The average Bonchev–Trinajstić information content (AvgIpc) is 2.18. The molecule has 1 N–H and O–H groups in total. The number of aromatic hydroxyl groups is 1. The van der Waals surface area contributed by atoms with Gasteiger partial charge in [-0.25, -0.2) is 0 Å². The second kappa shape index (κ2) is 5.06. The quantitative estimate of drug-likeness (QED) is 0.819. The van der Waals surface area contributed by atoms with E-state index in [4.69, 9.17) is 4.74 Å². The van der Waals surface area contributed by atoms with E-state index in [1.54, 1.807) is 13.2 Å². The molecule has 0 bridgehead atoms. The van der Waals surface area contributed by atoms with Gasteiger partial charge in [0, 0.05) is 0 Å². The van der Waals surface area contributed by atoms with Crippen LogP contribution in [0, 0.1) is 6.92 Å². The Morgan fingerprint density at radius 2 is 2.07 bits per heavy atom. The summed E-state index contributed by atoms with van der Waals surface area (Å²) in [4.78, 5) is 0. The van der Waals surface area contributed by atoms with Crippen LogP contribution in [0.3, 0.4) is 0 Å². The molecule has 1 aromatic rings. The van der Waals surface area contributed by atoms with E-state index in [1.165, 1.54) is 12.0 Å². The van der Waals surface area contributed by atoms with E-state index < -0.39 is 0 Å². The van der Waals surface area contributed by atoms with E-state index in [9.17, 15) is 5.11 Å². The molecule has 0 aromatic heterocycles. The molecule has 1 aromatic carbocycles. The van der Waals surface area contributed by atoms with Crippen molar-refractivity contribution < 1.29 is 9.84 Å². The monoisotopic (exact) mass is 208 g/mol. The largest absolute Gasteiger partial charge is 0.504 e. The summed E-state index contributed by atoms with van der Waals surface area (Å²) in [6.07, 6.45) is 2.33. The van der Waals surface area contributed by atoms with Crippen molar-refractivity contribution in [1.82, 2.24) is 0 Å². The first-order valence-corrected chi connectivity index (χ1v) is 5.47. The lowest BCUT2D eigenvalue weighted by atomic mass is 9.92. The summed E-state index contributed by atoms with van der Waals surface area (Å²) < 4.78 is 5.12. The number of ether oxygens (including phenoxy) is 1. The van der Waals surface area contributed by atoms with E-state index in [1.807, 2.05) is 13.0 Å². The Labute approximate surface area is 91.9 Å². The topological polar surface area (TPSA) is 29.5 Å². The minimum absolute atomic E-state index is 0.224. The molecule has 0 fully saturated rings. The van der Waals surface area contributed by atoms with Crippen molar-refractivity contribution in [2.75, 3.05) is 7.11 Å². The summed E-state index contributed by atoms with van der Waals surface area (Å²) in [7, 11) is 1.58. The molecule has 84 valence electrons. The highest BCUT2D eigenvalue weighted by Gasteiger charge is 2.11. The molecule has 15 heavy (non-hydrogen) atoms. The molecule has 0 heterocycles. The molecule has 0 amide bonds. The number of hydrogen-bond donors (Lipinski definition) is 1. The van der Waals surface area contributed by atoms with Crippen LogP contribution >= 0.6 is 0 Å². The summed E-state index contributed by atoms with van der Waals surface area (Å²) in [5.41, 5.74) is 2.40. The van der Waals surface area contributed by atoms with Gasteiger partial charge in [0.2, 0.25) is 0 Å². The molecule has 2 nitrogen and oxygen atoms in total. The summed E-state index contributed by atoms with van der Waals surface area (Å²) in [5.74, 6) is 1.31. The van der Waals surface area contributed by atoms with Crippen LogP contribution in [0.25, 0.3) is 0 Å². The predicted molar refractivity (Wildman–Crippen MR) is 62.7 cm³/mol. The van der Waals surface area contributed by atoms with Crippen LogP contribution in [0.15, 0.2) is 12.1 Å². The van der Waals surface area contributed by atoms with Crippen LogP contribution in [0.2, 0.25) is 0 Å². The fourth-order valence-corrected chi connectivity index (χ4v) is 1.97. The second-order valence-corrected chi connectivity index (χ2v) is 4.07. The van der Waals surface area contributed by atoms with Crippen molar-refractivity contribution in [2.24, 2.45) is 0 Å². The van der Waals surface area contributed by atoms with E-state index in [2.05, 4.69) is 13.8 Å². The van der Waals surface area contributed by atoms with Gasteiger partial charge >= 0.3 is 0 Å². The number of aryl methyl sites for hydroxylation is 1. The van der Waals surface area contributed by atoms with Crippen LogP contribution in [0.1, 0.15) is 43.7 Å². The number of methoxy groups -OCH3 is 1.